The number of carbonyl (C=O) groups excluding carboxylic acids is 1. The second-order valence-electron chi connectivity index (χ2n) is 3.36. The molecule has 0 atom stereocenters. The third-order valence-corrected chi connectivity index (χ3v) is 2.99. The van der Waals surface area contributed by atoms with Crippen molar-refractivity contribution in [2.75, 3.05) is 13.2 Å². The van der Waals surface area contributed by atoms with Crippen LogP contribution in [0.15, 0.2) is 17.3 Å². The lowest BCUT2D eigenvalue weighted by molar-refractivity contribution is -0.142. The number of hydrogen-bond donors (Lipinski definition) is 1. The summed E-state index contributed by atoms with van der Waals surface area (Å²) in [5.74, 6) is -0.378. The maximum absolute atomic E-state index is 11.1. The third kappa shape index (κ3) is 3.94. The van der Waals surface area contributed by atoms with E-state index in [-0.39, 0.29) is 29.8 Å². The van der Waals surface area contributed by atoms with Gasteiger partial charge in [-0.1, -0.05) is 23.2 Å². The van der Waals surface area contributed by atoms with Gasteiger partial charge in [0.15, 0.2) is 0 Å². The average molecular weight is 291 g/mol. The second-order valence-corrected chi connectivity index (χ2v) is 4.14. The Bertz CT molecular complexity index is 452. The number of carbonyl (C=O) groups is 1. The van der Waals surface area contributed by atoms with Gasteiger partial charge in [0.2, 0.25) is 0 Å². The molecule has 0 spiro atoms. The van der Waals surface area contributed by atoms with Crippen LogP contribution < -0.4 is 5.32 Å². The van der Waals surface area contributed by atoms with Crippen molar-refractivity contribution in [1.82, 2.24) is 5.32 Å². The number of benzene rings is 1. The Morgan fingerprint density at radius 1 is 1.44 bits per heavy atom. The predicted octanol–water partition coefficient (Wildman–Crippen LogP) is 3.04. The van der Waals surface area contributed by atoms with Gasteiger partial charge in [-0.3, -0.25) is 4.79 Å². The van der Waals surface area contributed by atoms with Crippen LogP contribution in [0, 0.1) is 4.91 Å². The van der Waals surface area contributed by atoms with E-state index in [0.29, 0.717) is 17.2 Å². The van der Waals surface area contributed by atoms with Gasteiger partial charge in [0, 0.05) is 12.1 Å². The topological polar surface area (TPSA) is 67.8 Å². The lowest BCUT2D eigenvalue weighted by Gasteiger charge is -2.09. The first kappa shape index (κ1) is 14.9. The predicted molar refractivity (Wildman–Crippen MR) is 70.3 cm³/mol. The molecule has 7 heteroatoms. The molecule has 1 N–H and O–H groups in total. The van der Waals surface area contributed by atoms with Gasteiger partial charge in [-0.2, -0.15) is 0 Å². The first-order chi connectivity index (χ1) is 8.60. The number of halogens is 2. The van der Waals surface area contributed by atoms with Crippen LogP contribution in [0.4, 0.5) is 5.69 Å². The maximum Gasteiger partial charge on any atom is 0.319 e. The molecule has 0 fully saturated rings. The van der Waals surface area contributed by atoms with E-state index in [1.807, 2.05) is 0 Å². The summed E-state index contributed by atoms with van der Waals surface area (Å²) in [6.45, 7) is 2.27. The molecular formula is C11H12Cl2N2O3. The van der Waals surface area contributed by atoms with Crippen LogP contribution >= 0.6 is 23.2 Å². The van der Waals surface area contributed by atoms with Gasteiger partial charge in [0.05, 0.1) is 23.2 Å². The van der Waals surface area contributed by atoms with E-state index in [0.717, 1.165) is 0 Å². The molecule has 0 aromatic heterocycles. The highest BCUT2D eigenvalue weighted by atomic mass is 35.5. The Balaban J connectivity index is 2.69. The van der Waals surface area contributed by atoms with E-state index in [9.17, 15) is 9.70 Å². The van der Waals surface area contributed by atoms with Gasteiger partial charge in [0.1, 0.15) is 5.69 Å². The van der Waals surface area contributed by atoms with E-state index in [1.54, 1.807) is 6.92 Å². The molecule has 0 amide bonds. The first-order valence-corrected chi connectivity index (χ1v) is 6.02. The molecule has 0 radical (unpaired) electrons. The molecule has 0 saturated heterocycles. The molecule has 18 heavy (non-hydrogen) atoms. The summed E-state index contributed by atoms with van der Waals surface area (Å²) in [6.07, 6.45) is 0. The Morgan fingerprint density at radius 3 is 2.78 bits per heavy atom. The van der Waals surface area contributed by atoms with Gasteiger partial charge in [-0.15, -0.1) is 4.91 Å². The first-order valence-electron chi connectivity index (χ1n) is 5.26. The largest absolute Gasteiger partial charge is 0.465 e. The summed E-state index contributed by atoms with van der Waals surface area (Å²) < 4.78 is 4.74. The molecule has 98 valence electrons. The van der Waals surface area contributed by atoms with Crippen molar-refractivity contribution in [3.05, 3.63) is 32.6 Å². The van der Waals surface area contributed by atoms with Crippen LogP contribution in [-0.2, 0) is 16.1 Å². The lowest BCUT2D eigenvalue weighted by atomic mass is 10.2. The standard InChI is InChI=1S/C11H12Cl2N2O3/c1-2-18-10(16)6-14-5-7-9(15-17)4-3-8(12)11(7)13/h3-4,14H,2,5-6H2,1H3. The molecule has 0 bridgehead atoms. The van der Waals surface area contributed by atoms with Crippen LogP contribution in [0.2, 0.25) is 10.0 Å². The highest BCUT2D eigenvalue weighted by Gasteiger charge is 2.12. The Morgan fingerprint density at radius 2 is 2.17 bits per heavy atom. The summed E-state index contributed by atoms with van der Waals surface area (Å²) in [5.41, 5.74) is 0.657. The van der Waals surface area contributed by atoms with Crippen molar-refractivity contribution in [2.45, 2.75) is 13.5 Å². The van der Waals surface area contributed by atoms with Crippen LogP contribution in [0.25, 0.3) is 0 Å². The number of nitrogens with zero attached hydrogens (tertiary/aromatic N) is 1. The van der Waals surface area contributed by atoms with E-state index < -0.39 is 0 Å². The SMILES string of the molecule is CCOC(=O)CNCc1c(N=O)ccc(Cl)c1Cl. The Hall–Kier alpha value is -1.17. The van der Waals surface area contributed by atoms with Gasteiger partial charge in [-0.25, -0.2) is 0 Å². The summed E-state index contributed by atoms with van der Waals surface area (Å²) in [6, 6.07) is 2.97. The fraction of sp³-hybridized carbons (Fsp3) is 0.364. The molecule has 0 aliphatic heterocycles. The maximum atomic E-state index is 11.1. The van der Waals surface area contributed by atoms with Crippen molar-refractivity contribution >= 4 is 34.9 Å². The minimum atomic E-state index is -0.378. The quantitative estimate of drug-likeness (QED) is 0.646. The third-order valence-electron chi connectivity index (χ3n) is 2.15. The Labute approximate surface area is 114 Å². The van der Waals surface area contributed by atoms with Gasteiger partial charge in [0.25, 0.3) is 0 Å². The summed E-state index contributed by atoms with van der Waals surface area (Å²) >= 11 is 11.8. The number of nitrogens with one attached hydrogen (secondary N) is 1. The molecule has 0 saturated carbocycles. The molecule has 0 aliphatic rings. The molecule has 5 nitrogen and oxygen atoms in total. The highest BCUT2D eigenvalue weighted by molar-refractivity contribution is 6.42. The zero-order chi connectivity index (χ0) is 13.5. The van der Waals surface area contributed by atoms with Crippen molar-refractivity contribution in [3.8, 4) is 0 Å². The smallest absolute Gasteiger partial charge is 0.319 e. The van der Waals surface area contributed by atoms with E-state index in [2.05, 4.69) is 10.5 Å². The number of hydrogen-bond acceptors (Lipinski definition) is 5. The highest BCUT2D eigenvalue weighted by Crippen LogP contribution is 2.32. The zero-order valence-corrected chi connectivity index (χ0v) is 11.2. The van der Waals surface area contributed by atoms with E-state index in [1.165, 1.54) is 12.1 Å². The molecule has 1 aromatic carbocycles. The molecule has 0 heterocycles. The monoisotopic (exact) mass is 290 g/mol. The average Bonchev–Trinajstić information content (AvgIpc) is 2.35. The number of nitroso groups, excluding NO2 is 1. The van der Waals surface area contributed by atoms with Crippen molar-refractivity contribution in [2.24, 2.45) is 5.18 Å². The molecule has 0 unspecified atom stereocenters. The fourth-order valence-electron chi connectivity index (χ4n) is 1.34. The minimum Gasteiger partial charge on any atom is -0.465 e. The van der Waals surface area contributed by atoms with Crippen molar-refractivity contribution in [1.29, 1.82) is 0 Å². The summed E-state index contributed by atoms with van der Waals surface area (Å²) in [7, 11) is 0. The molecule has 1 aromatic rings. The minimum absolute atomic E-state index is 0.0228. The van der Waals surface area contributed by atoms with Crippen LogP contribution in [0.5, 0.6) is 0 Å². The van der Waals surface area contributed by atoms with Crippen molar-refractivity contribution < 1.29 is 9.53 Å². The lowest BCUT2D eigenvalue weighted by Crippen LogP contribution is -2.24. The van der Waals surface area contributed by atoms with E-state index in [4.69, 9.17) is 27.9 Å². The molecule has 0 aliphatic carbocycles. The summed E-state index contributed by atoms with van der Waals surface area (Å²) in [5, 5.41) is 6.26. The van der Waals surface area contributed by atoms with E-state index >= 15 is 0 Å². The van der Waals surface area contributed by atoms with Gasteiger partial charge >= 0.3 is 5.97 Å². The normalized spacial score (nSPS) is 10.2. The van der Waals surface area contributed by atoms with Crippen LogP contribution in [0.1, 0.15) is 12.5 Å². The zero-order valence-electron chi connectivity index (χ0n) is 9.70. The van der Waals surface area contributed by atoms with Crippen molar-refractivity contribution in [3.63, 3.8) is 0 Å². The summed E-state index contributed by atoms with van der Waals surface area (Å²) in [4.78, 5) is 21.7. The van der Waals surface area contributed by atoms with Crippen LogP contribution in [-0.4, -0.2) is 19.1 Å². The number of esters is 1. The number of ether oxygens (including phenoxy) is 1. The van der Waals surface area contributed by atoms with Gasteiger partial charge < -0.3 is 10.1 Å². The van der Waals surface area contributed by atoms with Gasteiger partial charge in [-0.05, 0) is 24.2 Å². The van der Waals surface area contributed by atoms with Crippen LogP contribution in [0.3, 0.4) is 0 Å². The molecule has 1 rings (SSSR count). The fourth-order valence-corrected chi connectivity index (χ4v) is 1.74. The Kier molecular flexibility index (Phi) is 6.04. The number of rotatable bonds is 6. The second kappa shape index (κ2) is 7.31. The molecular weight excluding hydrogens is 279 g/mol.